The number of aliphatic hydroxyl groups is 2. The van der Waals surface area contributed by atoms with Crippen LogP contribution in [-0.4, -0.2) is 83.6 Å². The Morgan fingerprint density at radius 3 is 2.17 bits per heavy atom. The third-order valence-corrected chi connectivity index (χ3v) is 7.21. The predicted molar refractivity (Wildman–Crippen MR) is 145 cm³/mol. The molecule has 1 saturated heterocycles. The van der Waals surface area contributed by atoms with E-state index in [0.717, 1.165) is 54.5 Å². The topological polar surface area (TPSA) is 192 Å². The van der Waals surface area contributed by atoms with Crippen LogP contribution in [0.4, 0.5) is 0 Å². The minimum absolute atomic E-state index is 0.253. The Morgan fingerprint density at radius 2 is 1.63 bits per heavy atom. The SMILES string of the molecule is C=C(C)Cn1nc(C)c(CN2CCC(O)(c3ccc4c(c3)OCO4)CC2)c1C.O=C(O)CC(O)(CC(=O)O)C(=O)O. The van der Waals surface area contributed by atoms with Gasteiger partial charge in [0.15, 0.2) is 17.1 Å². The van der Waals surface area contributed by atoms with Crippen molar-refractivity contribution in [3.05, 3.63) is 52.9 Å². The number of aryl methyl sites for hydroxylation is 1. The number of piperidine rings is 1. The van der Waals surface area contributed by atoms with Gasteiger partial charge in [0.2, 0.25) is 6.79 Å². The Balaban J connectivity index is 0.000000302. The second-order valence-electron chi connectivity index (χ2n) is 10.6. The molecule has 41 heavy (non-hydrogen) atoms. The number of likely N-dealkylation sites (tertiary alicyclic amines) is 1. The summed E-state index contributed by atoms with van der Waals surface area (Å²) in [5.41, 5.74) is 2.03. The molecule has 5 N–H and O–H groups in total. The molecule has 1 aromatic heterocycles. The van der Waals surface area contributed by atoms with E-state index < -0.39 is 42.0 Å². The van der Waals surface area contributed by atoms with Crippen LogP contribution >= 0.6 is 0 Å². The highest BCUT2D eigenvalue weighted by Gasteiger charge is 2.41. The molecule has 0 saturated carbocycles. The Kier molecular flexibility index (Phi) is 9.79. The van der Waals surface area contributed by atoms with Gasteiger partial charge in [-0.2, -0.15) is 5.10 Å². The van der Waals surface area contributed by atoms with E-state index in [1.807, 2.05) is 29.8 Å². The van der Waals surface area contributed by atoms with Crippen LogP contribution in [-0.2, 0) is 33.1 Å². The fourth-order valence-corrected chi connectivity index (χ4v) is 4.87. The molecule has 1 aromatic carbocycles. The Morgan fingerprint density at radius 1 is 1.05 bits per heavy atom. The number of ether oxygens (including phenoxy) is 2. The number of benzene rings is 1. The van der Waals surface area contributed by atoms with Gasteiger partial charge in [-0.3, -0.25) is 19.2 Å². The lowest BCUT2D eigenvalue weighted by Crippen LogP contribution is -2.42. The lowest BCUT2D eigenvalue weighted by Gasteiger charge is -2.38. The average molecular weight is 576 g/mol. The number of fused-ring (bicyclic) bond motifs is 1. The van der Waals surface area contributed by atoms with E-state index in [9.17, 15) is 19.5 Å². The number of hydrogen-bond acceptors (Lipinski definition) is 9. The summed E-state index contributed by atoms with van der Waals surface area (Å²) in [6.45, 7) is 13.8. The van der Waals surface area contributed by atoms with E-state index in [0.29, 0.717) is 12.8 Å². The molecule has 13 nitrogen and oxygen atoms in total. The minimum Gasteiger partial charge on any atom is -0.481 e. The largest absolute Gasteiger partial charge is 0.481 e. The van der Waals surface area contributed by atoms with Crippen LogP contribution in [0, 0.1) is 13.8 Å². The average Bonchev–Trinajstić information content (AvgIpc) is 3.44. The van der Waals surface area contributed by atoms with Crippen molar-refractivity contribution in [1.82, 2.24) is 14.7 Å². The van der Waals surface area contributed by atoms with Crippen LogP contribution in [0.3, 0.4) is 0 Å². The molecular weight excluding hydrogens is 538 g/mol. The Hall–Kier alpha value is -3.94. The molecule has 224 valence electrons. The van der Waals surface area contributed by atoms with Gasteiger partial charge in [0.05, 0.1) is 30.7 Å². The lowest BCUT2D eigenvalue weighted by molar-refractivity contribution is -0.170. The fraction of sp³-hybridized carbons (Fsp3) is 0.500. The molecule has 0 spiro atoms. The molecule has 0 aliphatic carbocycles. The van der Waals surface area contributed by atoms with E-state index in [2.05, 4.69) is 30.4 Å². The van der Waals surface area contributed by atoms with Crippen LogP contribution in [0.2, 0.25) is 0 Å². The van der Waals surface area contributed by atoms with Gasteiger partial charge in [0.25, 0.3) is 0 Å². The van der Waals surface area contributed by atoms with Crippen molar-refractivity contribution in [2.75, 3.05) is 19.9 Å². The van der Waals surface area contributed by atoms with E-state index >= 15 is 0 Å². The van der Waals surface area contributed by atoms with Crippen molar-refractivity contribution in [2.24, 2.45) is 0 Å². The van der Waals surface area contributed by atoms with Gasteiger partial charge >= 0.3 is 17.9 Å². The van der Waals surface area contributed by atoms with Gasteiger partial charge in [-0.15, -0.1) is 0 Å². The zero-order chi connectivity index (χ0) is 30.5. The molecule has 2 aliphatic heterocycles. The standard InChI is InChI=1S/C22H29N3O3.C6H8O7/c1-15(2)12-25-17(4)19(16(3)23-25)13-24-9-7-22(26,8-10-24)18-5-6-20-21(11-18)28-14-27-20;7-3(8)1-6(13,5(11)12)2-4(9)10/h5-6,11,26H,1,7-10,12-14H2,2-4H3;13H,1-2H2,(H,7,8)(H,9,10)(H,11,12). The molecule has 1 fully saturated rings. The summed E-state index contributed by atoms with van der Waals surface area (Å²) < 4.78 is 12.9. The van der Waals surface area contributed by atoms with Crippen molar-refractivity contribution in [2.45, 2.75) is 70.7 Å². The van der Waals surface area contributed by atoms with Crippen LogP contribution in [0.15, 0.2) is 30.4 Å². The normalized spacial score (nSPS) is 16.0. The molecular formula is C28H37N3O10. The van der Waals surface area contributed by atoms with Crippen LogP contribution < -0.4 is 9.47 Å². The third-order valence-electron chi connectivity index (χ3n) is 7.21. The monoisotopic (exact) mass is 575 g/mol. The van der Waals surface area contributed by atoms with Gasteiger partial charge in [0.1, 0.15) is 0 Å². The quantitative estimate of drug-likeness (QED) is 0.259. The van der Waals surface area contributed by atoms with Crippen LogP contribution in [0.1, 0.15) is 55.1 Å². The number of hydrogen-bond donors (Lipinski definition) is 5. The summed E-state index contributed by atoms with van der Waals surface area (Å²) in [5.74, 6) is -3.54. The number of rotatable bonds is 10. The predicted octanol–water partition coefficient (Wildman–Crippen LogP) is 2.04. The number of aliphatic carboxylic acids is 3. The van der Waals surface area contributed by atoms with Gasteiger partial charge in [-0.1, -0.05) is 18.2 Å². The van der Waals surface area contributed by atoms with Gasteiger partial charge in [-0.25, -0.2) is 4.79 Å². The Labute approximate surface area is 237 Å². The van der Waals surface area contributed by atoms with E-state index in [4.69, 9.17) is 29.9 Å². The van der Waals surface area contributed by atoms with Crippen LogP contribution in [0.25, 0.3) is 0 Å². The van der Waals surface area contributed by atoms with E-state index in [1.165, 1.54) is 11.3 Å². The maximum absolute atomic E-state index is 11.2. The maximum Gasteiger partial charge on any atom is 0.336 e. The van der Waals surface area contributed by atoms with Crippen molar-refractivity contribution in [1.29, 1.82) is 0 Å². The summed E-state index contributed by atoms with van der Waals surface area (Å²) in [5, 5.41) is 49.7. The molecule has 2 aliphatic rings. The second-order valence-corrected chi connectivity index (χ2v) is 10.6. The fourth-order valence-electron chi connectivity index (χ4n) is 4.87. The van der Waals surface area contributed by atoms with E-state index in [1.54, 1.807) is 0 Å². The van der Waals surface area contributed by atoms with Crippen molar-refractivity contribution >= 4 is 17.9 Å². The number of carboxylic acid groups (broad SMARTS) is 3. The van der Waals surface area contributed by atoms with Crippen molar-refractivity contribution in [3.8, 4) is 11.5 Å². The van der Waals surface area contributed by atoms with Crippen molar-refractivity contribution < 1.29 is 49.4 Å². The molecule has 3 heterocycles. The molecule has 0 radical (unpaired) electrons. The molecule has 0 amide bonds. The number of aromatic nitrogens is 2. The zero-order valence-corrected chi connectivity index (χ0v) is 23.4. The summed E-state index contributed by atoms with van der Waals surface area (Å²) >= 11 is 0. The number of carbonyl (C=O) groups is 3. The molecule has 0 bridgehead atoms. The minimum atomic E-state index is -2.74. The zero-order valence-electron chi connectivity index (χ0n) is 23.4. The lowest BCUT2D eigenvalue weighted by atomic mass is 9.84. The molecule has 4 rings (SSSR count). The highest BCUT2D eigenvalue weighted by atomic mass is 16.7. The first-order valence-electron chi connectivity index (χ1n) is 13.0. The first kappa shape index (κ1) is 31.6. The van der Waals surface area contributed by atoms with Gasteiger partial charge < -0.3 is 35.0 Å². The summed E-state index contributed by atoms with van der Waals surface area (Å²) in [6, 6.07) is 5.78. The number of nitrogens with zero attached hydrogens (tertiary/aromatic N) is 3. The molecule has 13 heteroatoms. The molecule has 2 aromatic rings. The number of allylic oxidation sites excluding steroid dienone is 1. The molecule has 0 atom stereocenters. The second kappa shape index (κ2) is 12.7. The van der Waals surface area contributed by atoms with E-state index in [-0.39, 0.29) is 6.79 Å². The third kappa shape index (κ3) is 7.84. The summed E-state index contributed by atoms with van der Waals surface area (Å²) in [7, 11) is 0. The highest BCUT2D eigenvalue weighted by molar-refractivity contribution is 5.88. The first-order valence-corrected chi connectivity index (χ1v) is 13.0. The van der Waals surface area contributed by atoms with Gasteiger partial charge in [-0.05, 0) is 51.3 Å². The highest BCUT2D eigenvalue weighted by Crippen LogP contribution is 2.40. The van der Waals surface area contributed by atoms with Crippen molar-refractivity contribution in [3.63, 3.8) is 0 Å². The first-order chi connectivity index (χ1) is 19.1. The smallest absolute Gasteiger partial charge is 0.336 e. The summed E-state index contributed by atoms with van der Waals surface area (Å²) in [6.07, 6.45) is -0.890. The van der Waals surface area contributed by atoms with Crippen LogP contribution in [0.5, 0.6) is 11.5 Å². The maximum atomic E-state index is 11.2. The molecule has 0 unspecified atom stereocenters. The summed E-state index contributed by atoms with van der Waals surface area (Å²) in [4.78, 5) is 32.9. The Bertz CT molecular complexity index is 1290. The van der Waals surface area contributed by atoms with Gasteiger partial charge in [0, 0.05) is 30.9 Å². The number of carboxylic acids is 3.